The van der Waals surface area contributed by atoms with Crippen molar-refractivity contribution in [1.29, 1.82) is 0 Å². The monoisotopic (exact) mass is 266 g/mol. The van der Waals surface area contributed by atoms with Gasteiger partial charge in [0.05, 0.1) is 10.5 Å². The molecule has 0 aliphatic heterocycles. The van der Waals surface area contributed by atoms with Gasteiger partial charge in [-0.05, 0) is 24.1 Å². The van der Waals surface area contributed by atoms with Crippen LogP contribution >= 0.6 is 0 Å². The van der Waals surface area contributed by atoms with Crippen molar-refractivity contribution in [3.63, 3.8) is 0 Å². The first-order valence-electron chi connectivity index (χ1n) is 5.06. The molecule has 0 fully saturated rings. The van der Waals surface area contributed by atoms with Gasteiger partial charge in [-0.25, -0.2) is 8.42 Å². The first-order chi connectivity index (χ1) is 7.66. The minimum atomic E-state index is -4.52. The quantitative estimate of drug-likeness (QED) is 0.842. The number of benzene rings is 1. The second-order valence-electron chi connectivity index (χ2n) is 3.84. The molecule has 0 aromatic heterocycles. The molecule has 0 bridgehead atoms. The van der Waals surface area contributed by atoms with E-state index in [0.29, 0.717) is 24.5 Å². The van der Waals surface area contributed by atoms with Gasteiger partial charge in [0.15, 0.2) is 9.84 Å². The standard InChI is InChI=1S/C11H13F3O2S/c1-3-4-8-5-6-9(11(12,13)14)7-10(8)17(2,15)16/h5-7H,3-4H2,1-2H3. The summed E-state index contributed by atoms with van der Waals surface area (Å²) in [5, 5.41) is 0. The molecule has 17 heavy (non-hydrogen) atoms. The Kier molecular flexibility index (Phi) is 3.86. The minimum absolute atomic E-state index is 0.228. The highest BCUT2D eigenvalue weighted by molar-refractivity contribution is 7.90. The van der Waals surface area contributed by atoms with Gasteiger partial charge in [-0.3, -0.25) is 0 Å². The van der Waals surface area contributed by atoms with E-state index in [0.717, 1.165) is 12.3 Å². The topological polar surface area (TPSA) is 34.1 Å². The van der Waals surface area contributed by atoms with Crippen LogP contribution in [0.2, 0.25) is 0 Å². The molecule has 0 atom stereocenters. The van der Waals surface area contributed by atoms with Gasteiger partial charge in [0.25, 0.3) is 0 Å². The van der Waals surface area contributed by atoms with Gasteiger partial charge in [0.2, 0.25) is 0 Å². The predicted octanol–water partition coefficient (Wildman–Crippen LogP) is 3.06. The Morgan fingerprint density at radius 3 is 2.24 bits per heavy atom. The van der Waals surface area contributed by atoms with Gasteiger partial charge >= 0.3 is 6.18 Å². The number of hydrogen-bond donors (Lipinski definition) is 0. The Hall–Kier alpha value is -1.04. The summed E-state index contributed by atoms with van der Waals surface area (Å²) in [6, 6.07) is 2.86. The van der Waals surface area contributed by atoms with Crippen molar-refractivity contribution >= 4 is 9.84 Å². The van der Waals surface area contributed by atoms with E-state index >= 15 is 0 Å². The number of aryl methyl sites for hydroxylation is 1. The van der Waals surface area contributed by atoms with Crippen molar-refractivity contribution in [2.24, 2.45) is 0 Å². The van der Waals surface area contributed by atoms with Gasteiger partial charge in [-0.1, -0.05) is 19.4 Å². The van der Waals surface area contributed by atoms with Gasteiger partial charge < -0.3 is 0 Å². The normalized spacial score (nSPS) is 12.8. The molecule has 0 radical (unpaired) electrons. The molecule has 2 nitrogen and oxygen atoms in total. The molecule has 0 amide bonds. The molecule has 0 N–H and O–H groups in total. The summed E-state index contributed by atoms with van der Waals surface area (Å²) < 4.78 is 60.3. The molecule has 96 valence electrons. The number of sulfone groups is 1. The Morgan fingerprint density at radius 1 is 1.24 bits per heavy atom. The van der Waals surface area contributed by atoms with E-state index in [1.807, 2.05) is 6.92 Å². The predicted molar refractivity (Wildman–Crippen MR) is 58.5 cm³/mol. The fraction of sp³-hybridized carbons (Fsp3) is 0.455. The van der Waals surface area contributed by atoms with Crippen LogP contribution in [0.4, 0.5) is 13.2 Å². The maximum Gasteiger partial charge on any atom is 0.416 e. The van der Waals surface area contributed by atoms with Crippen LogP contribution < -0.4 is 0 Å². The fourth-order valence-electron chi connectivity index (χ4n) is 1.55. The second-order valence-corrected chi connectivity index (χ2v) is 5.83. The van der Waals surface area contributed by atoms with Crippen molar-refractivity contribution < 1.29 is 21.6 Å². The van der Waals surface area contributed by atoms with E-state index in [2.05, 4.69) is 0 Å². The fourth-order valence-corrected chi connectivity index (χ4v) is 2.54. The number of halogens is 3. The van der Waals surface area contributed by atoms with E-state index in [9.17, 15) is 21.6 Å². The summed E-state index contributed by atoms with van der Waals surface area (Å²) in [5.41, 5.74) is -0.499. The third-order valence-corrected chi connectivity index (χ3v) is 3.49. The smallest absolute Gasteiger partial charge is 0.224 e. The lowest BCUT2D eigenvalue weighted by Gasteiger charge is -2.11. The highest BCUT2D eigenvalue weighted by Crippen LogP contribution is 2.32. The second kappa shape index (κ2) is 4.68. The number of rotatable bonds is 3. The van der Waals surface area contributed by atoms with Crippen LogP contribution in [0.25, 0.3) is 0 Å². The van der Waals surface area contributed by atoms with Crippen molar-refractivity contribution in [3.05, 3.63) is 29.3 Å². The zero-order valence-electron chi connectivity index (χ0n) is 9.50. The zero-order chi connectivity index (χ0) is 13.3. The summed E-state index contributed by atoms with van der Waals surface area (Å²) in [5.74, 6) is 0. The molecule has 1 rings (SSSR count). The molecule has 0 saturated heterocycles. The first-order valence-corrected chi connectivity index (χ1v) is 6.95. The molecular weight excluding hydrogens is 253 g/mol. The third kappa shape index (κ3) is 3.46. The van der Waals surface area contributed by atoms with Crippen LogP contribution in [0.3, 0.4) is 0 Å². The summed E-state index contributed by atoms with van der Waals surface area (Å²) in [7, 11) is -3.64. The molecule has 0 aliphatic carbocycles. The zero-order valence-corrected chi connectivity index (χ0v) is 10.3. The van der Waals surface area contributed by atoms with Crippen molar-refractivity contribution in [2.45, 2.75) is 30.8 Å². The van der Waals surface area contributed by atoms with Crippen LogP contribution in [0.15, 0.2) is 23.1 Å². The van der Waals surface area contributed by atoms with E-state index in [1.165, 1.54) is 6.07 Å². The molecule has 0 aliphatic rings. The highest BCUT2D eigenvalue weighted by Gasteiger charge is 2.32. The number of alkyl halides is 3. The van der Waals surface area contributed by atoms with Gasteiger partial charge in [0, 0.05) is 6.26 Å². The van der Waals surface area contributed by atoms with Crippen molar-refractivity contribution in [2.75, 3.05) is 6.26 Å². The lowest BCUT2D eigenvalue weighted by molar-refractivity contribution is -0.137. The van der Waals surface area contributed by atoms with E-state index in [-0.39, 0.29) is 4.90 Å². The molecule has 6 heteroatoms. The van der Waals surface area contributed by atoms with E-state index < -0.39 is 21.6 Å². The van der Waals surface area contributed by atoms with Gasteiger partial charge in [-0.2, -0.15) is 13.2 Å². The van der Waals surface area contributed by atoms with Crippen LogP contribution in [-0.4, -0.2) is 14.7 Å². The molecule has 0 unspecified atom stereocenters. The summed E-state index contributed by atoms with van der Waals surface area (Å²) in [4.78, 5) is -0.228. The molecule has 0 heterocycles. The Morgan fingerprint density at radius 2 is 1.82 bits per heavy atom. The summed E-state index contributed by atoms with van der Waals surface area (Å²) in [6.07, 6.45) is -2.49. The van der Waals surface area contributed by atoms with Crippen LogP contribution in [-0.2, 0) is 22.4 Å². The minimum Gasteiger partial charge on any atom is -0.224 e. The van der Waals surface area contributed by atoms with Crippen LogP contribution in [0.5, 0.6) is 0 Å². The first kappa shape index (κ1) is 14.0. The lowest BCUT2D eigenvalue weighted by Crippen LogP contribution is -2.09. The molecule has 0 spiro atoms. The van der Waals surface area contributed by atoms with E-state index in [1.54, 1.807) is 0 Å². The lowest BCUT2D eigenvalue weighted by atomic mass is 10.1. The maximum atomic E-state index is 12.5. The van der Waals surface area contributed by atoms with E-state index in [4.69, 9.17) is 0 Å². The average molecular weight is 266 g/mol. The van der Waals surface area contributed by atoms with Gasteiger partial charge in [-0.15, -0.1) is 0 Å². The van der Waals surface area contributed by atoms with Crippen LogP contribution in [0.1, 0.15) is 24.5 Å². The van der Waals surface area contributed by atoms with Crippen molar-refractivity contribution in [1.82, 2.24) is 0 Å². The SMILES string of the molecule is CCCc1ccc(C(F)(F)F)cc1S(C)(=O)=O. The summed E-state index contributed by atoms with van der Waals surface area (Å²) in [6.45, 7) is 1.84. The average Bonchev–Trinajstić information content (AvgIpc) is 2.15. The summed E-state index contributed by atoms with van der Waals surface area (Å²) >= 11 is 0. The largest absolute Gasteiger partial charge is 0.416 e. The molecule has 1 aromatic rings. The Bertz CT molecular complexity index is 504. The Labute approximate surface area is 98.4 Å². The third-order valence-electron chi connectivity index (χ3n) is 2.31. The maximum absolute atomic E-state index is 12.5. The number of hydrogen-bond acceptors (Lipinski definition) is 2. The van der Waals surface area contributed by atoms with Crippen molar-refractivity contribution in [3.8, 4) is 0 Å². The Balaban J connectivity index is 3.40. The molecule has 0 saturated carbocycles. The molecule has 1 aromatic carbocycles. The molecular formula is C11H13F3O2S. The highest BCUT2D eigenvalue weighted by atomic mass is 32.2. The van der Waals surface area contributed by atoms with Crippen LogP contribution in [0, 0.1) is 0 Å². The van der Waals surface area contributed by atoms with Gasteiger partial charge in [0.1, 0.15) is 0 Å².